The van der Waals surface area contributed by atoms with Gasteiger partial charge in [-0.3, -0.25) is 0 Å². The molecule has 0 heterocycles. The number of hydrogen-bond donors (Lipinski definition) is 0. The summed E-state index contributed by atoms with van der Waals surface area (Å²) < 4.78 is 33.7. The molecule has 0 N–H and O–H groups in total. The van der Waals surface area contributed by atoms with E-state index in [1.54, 1.807) is 0 Å². The number of rotatable bonds is 31. The Morgan fingerprint density at radius 3 is 1.05 bits per heavy atom. The van der Waals surface area contributed by atoms with Crippen LogP contribution in [-0.2, 0) is 22.8 Å². The molecule has 0 saturated carbocycles. The molecule has 0 aliphatic heterocycles. The van der Waals surface area contributed by atoms with Crippen molar-refractivity contribution in [2.24, 2.45) is 10.8 Å². The van der Waals surface area contributed by atoms with Crippen molar-refractivity contribution >= 4 is 49.2 Å². The van der Waals surface area contributed by atoms with Crippen molar-refractivity contribution in [3.05, 3.63) is 13.8 Å². The summed E-state index contributed by atoms with van der Waals surface area (Å²) in [5.74, 6) is 0. The van der Waals surface area contributed by atoms with Gasteiger partial charge in [0.05, 0.1) is 35.4 Å². The van der Waals surface area contributed by atoms with Gasteiger partial charge >= 0.3 is 0 Å². The van der Waals surface area contributed by atoms with E-state index in [-0.39, 0.29) is 32.1 Å². The molecule has 0 bridgehead atoms. The quantitative estimate of drug-likeness (QED) is 0.0512. The maximum atomic E-state index is 7.32. The summed E-state index contributed by atoms with van der Waals surface area (Å²) in [6.07, 6.45) is 8.73. The Bertz CT molecular complexity index is 1110. The minimum atomic E-state index is -2.05. The minimum absolute atomic E-state index is 0.0176. The lowest BCUT2D eigenvalue weighted by Gasteiger charge is -2.62. The molecule has 3 unspecified atom stereocenters. The van der Waals surface area contributed by atoms with Crippen molar-refractivity contribution in [2.45, 2.75) is 245 Å². The molecule has 0 amide bonds. The SMILES string of the molecule is [CH]CCOCCCC(C)(C(C)(CC[Si](C)(C)OC[Si](C)(C)CC[C@](C)(C(C)(C)O[Si](C)(C)C)C(C)(CCCOCC[CH])[Si](C)(C)C)C(C)(C)O[Si](C)(C)C)[Si](C)(C)C. The van der Waals surface area contributed by atoms with Gasteiger partial charge in [-0.1, -0.05) is 86.1 Å². The molecular formula is C47H104O5Si6. The molecule has 0 fully saturated rings. The number of ether oxygens (including phenoxy) is 2. The molecule has 0 aromatic heterocycles. The Morgan fingerprint density at radius 2 is 0.759 bits per heavy atom. The van der Waals surface area contributed by atoms with Crippen LogP contribution < -0.4 is 0 Å². The molecule has 5 nitrogen and oxygen atoms in total. The zero-order valence-electron chi connectivity index (χ0n) is 43.8. The van der Waals surface area contributed by atoms with Crippen molar-refractivity contribution in [3.63, 3.8) is 0 Å². The lowest BCUT2D eigenvalue weighted by Crippen LogP contribution is -2.61. The minimum Gasteiger partial charge on any atom is -0.421 e. The van der Waals surface area contributed by atoms with Gasteiger partial charge in [-0.25, -0.2) is 0 Å². The zero-order chi connectivity index (χ0) is 46.1. The van der Waals surface area contributed by atoms with Crippen LogP contribution in [0.15, 0.2) is 0 Å². The van der Waals surface area contributed by atoms with Gasteiger partial charge in [-0.15, -0.1) is 0 Å². The Kier molecular flexibility index (Phi) is 22.3. The second-order valence-corrected chi connectivity index (χ2v) is 55.0. The van der Waals surface area contributed by atoms with E-state index in [2.05, 4.69) is 160 Å². The van der Waals surface area contributed by atoms with E-state index >= 15 is 0 Å². The van der Waals surface area contributed by atoms with Gasteiger partial charge in [0.1, 0.15) is 0 Å². The Labute approximate surface area is 372 Å². The fourth-order valence-corrected chi connectivity index (χ4v) is 25.5. The van der Waals surface area contributed by atoms with Crippen LogP contribution in [0.5, 0.6) is 0 Å². The molecule has 4 radical (unpaired) electrons. The van der Waals surface area contributed by atoms with E-state index in [1.807, 2.05) is 0 Å². The molecule has 11 heteroatoms. The first-order valence-electron chi connectivity index (χ1n) is 23.3. The lowest BCUT2D eigenvalue weighted by molar-refractivity contribution is -0.0646. The van der Waals surface area contributed by atoms with Crippen LogP contribution in [0.4, 0.5) is 0 Å². The summed E-state index contributed by atoms with van der Waals surface area (Å²) in [4.78, 5) is 0. The average molecular weight is 918 g/mol. The van der Waals surface area contributed by atoms with E-state index < -0.39 is 49.2 Å². The Morgan fingerprint density at radius 1 is 0.431 bits per heavy atom. The van der Waals surface area contributed by atoms with Gasteiger partial charge in [0.2, 0.25) is 0 Å². The fourth-order valence-electron chi connectivity index (χ4n) is 10.3. The largest absolute Gasteiger partial charge is 0.421 e. The molecule has 0 saturated heterocycles. The summed E-state index contributed by atoms with van der Waals surface area (Å²) in [6.45, 7) is 74.2. The van der Waals surface area contributed by atoms with Crippen LogP contribution in [0.3, 0.4) is 0 Å². The summed E-state index contributed by atoms with van der Waals surface area (Å²) in [5.41, 5.74) is -0.605. The second kappa shape index (κ2) is 21.9. The summed E-state index contributed by atoms with van der Waals surface area (Å²) in [5, 5.41) is 0.270. The van der Waals surface area contributed by atoms with E-state index in [0.29, 0.717) is 26.1 Å². The third-order valence-corrected chi connectivity index (χ3v) is 31.0. The first kappa shape index (κ1) is 59.1. The molecule has 0 aromatic rings. The van der Waals surface area contributed by atoms with Crippen LogP contribution in [0.1, 0.15) is 107 Å². The molecule has 0 aliphatic rings. The maximum absolute atomic E-state index is 7.32. The monoisotopic (exact) mass is 917 g/mol. The molecular weight excluding hydrogens is 813 g/mol. The van der Waals surface area contributed by atoms with Gasteiger partial charge in [-0.05, 0) is 172 Å². The van der Waals surface area contributed by atoms with E-state index in [4.69, 9.17) is 36.6 Å². The molecule has 4 atom stereocenters. The third kappa shape index (κ3) is 16.6. The topological polar surface area (TPSA) is 46.2 Å². The highest BCUT2D eigenvalue weighted by Crippen LogP contribution is 2.65. The first-order chi connectivity index (χ1) is 25.7. The summed E-state index contributed by atoms with van der Waals surface area (Å²) in [7, 11) is -11.0. The van der Waals surface area contributed by atoms with Crippen molar-refractivity contribution in [1.82, 2.24) is 0 Å². The van der Waals surface area contributed by atoms with Crippen molar-refractivity contribution in [1.29, 1.82) is 0 Å². The van der Waals surface area contributed by atoms with E-state index in [0.717, 1.165) is 64.0 Å². The van der Waals surface area contributed by atoms with Gasteiger partial charge in [0.25, 0.3) is 0 Å². The highest BCUT2D eigenvalue weighted by molar-refractivity contribution is 6.80. The molecule has 0 spiro atoms. The van der Waals surface area contributed by atoms with Gasteiger partial charge in [0.15, 0.2) is 25.0 Å². The van der Waals surface area contributed by atoms with Crippen LogP contribution in [0.25, 0.3) is 0 Å². The predicted molar refractivity (Wildman–Crippen MR) is 274 cm³/mol. The Balaban J connectivity index is 6.71. The van der Waals surface area contributed by atoms with E-state index in [1.165, 1.54) is 6.04 Å². The summed E-state index contributed by atoms with van der Waals surface area (Å²) >= 11 is 0. The number of hydrogen-bond acceptors (Lipinski definition) is 5. The molecule has 58 heavy (non-hydrogen) atoms. The summed E-state index contributed by atoms with van der Waals surface area (Å²) in [6, 6.07) is 2.36. The fraction of sp³-hybridized carbons (Fsp3) is 0.957. The van der Waals surface area contributed by atoms with Gasteiger partial charge < -0.3 is 22.8 Å². The first-order valence-corrected chi connectivity index (χ1v) is 43.6. The normalized spacial score (nSPS) is 18.7. The smallest absolute Gasteiger partial charge is 0.186 e. The standard InChI is InChI=1S/C47H104O5Si6/c1-27-35-48-37-29-31-46(9,53(11,12)13)44(7,42(3,4)51-55(17,18)19)33-39-57(23,24)41-50-58(25,26)40-34-45(8,43(5,6)52-56(20,21)22)47(10,54(14,15)16)32-30-38-49-36-28-2/h1-2H,27-41H2,3-26H3/t44-,45?,46?,47?/m1/s1. The predicted octanol–water partition coefficient (Wildman–Crippen LogP) is 15.5. The van der Waals surface area contributed by atoms with Crippen LogP contribution in [0, 0.1) is 24.7 Å². The molecule has 0 rings (SSSR count). The molecule has 0 aromatic carbocycles. The van der Waals surface area contributed by atoms with Gasteiger partial charge in [-0.2, -0.15) is 0 Å². The van der Waals surface area contributed by atoms with Gasteiger partial charge in [0, 0.05) is 32.7 Å². The van der Waals surface area contributed by atoms with Crippen LogP contribution in [0.2, 0.25) is 127 Å². The van der Waals surface area contributed by atoms with Crippen LogP contribution in [-0.4, -0.2) is 93.0 Å². The molecule has 346 valence electrons. The lowest BCUT2D eigenvalue weighted by atomic mass is 9.63. The Hall–Kier alpha value is 1.10. The van der Waals surface area contributed by atoms with Crippen molar-refractivity contribution in [2.75, 3.05) is 32.7 Å². The second-order valence-electron chi connectivity index (χ2n) is 25.5. The average Bonchev–Trinajstić information content (AvgIpc) is 3.01. The van der Waals surface area contributed by atoms with Crippen molar-refractivity contribution < 1.29 is 22.8 Å². The van der Waals surface area contributed by atoms with Crippen molar-refractivity contribution in [3.8, 4) is 0 Å². The van der Waals surface area contributed by atoms with E-state index in [9.17, 15) is 0 Å². The third-order valence-electron chi connectivity index (χ3n) is 15.4. The maximum Gasteiger partial charge on any atom is 0.186 e. The highest BCUT2D eigenvalue weighted by atomic mass is 28.4. The highest BCUT2D eigenvalue weighted by Gasteiger charge is 2.61. The molecule has 0 aliphatic carbocycles. The zero-order valence-corrected chi connectivity index (χ0v) is 49.8. The van der Waals surface area contributed by atoms with Crippen LogP contribution >= 0.6 is 0 Å².